The lowest BCUT2D eigenvalue weighted by Gasteiger charge is -2.25. The second kappa shape index (κ2) is 5.12. The number of fused-ring (bicyclic) bond motifs is 1. The van der Waals surface area contributed by atoms with Gasteiger partial charge in [-0.1, -0.05) is 24.3 Å². The molecule has 86 valence electrons. The number of ether oxygens (including phenoxy) is 1. The van der Waals surface area contributed by atoms with Crippen molar-refractivity contribution in [2.75, 3.05) is 6.61 Å². The fraction of sp³-hybridized carbons (Fsp3) is 0.462. The molecule has 0 amide bonds. The molecular formula is C13H17NO2. The summed E-state index contributed by atoms with van der Waals surface area (Å²) in [6.07, 6.45) is 1.37. The highest BCUT2D eigenvalue weighted by Gasteiger charge is 2.20. The molecule has 16 heavy (non-hydrogen) atoms. The van der Waals surface area contributed by atoms with Gasteiger partial charge in [-0.05, 0) is 24.5 Å². The van der Waals surface area contributed by atoms with Gasteiger partial charge in [0.1, 0.15) is 0 Å². The summed E-state index contributed by atoms with van der Waals surface area (Å²) in [7, 11) is 0. The van der Waals surface area contributed by atoms with E-state index in [0.29, 0.717) is 13.0 Å². The predicted octanol–water partition coefficient (Wildman–Crippen LogP) is 1.65. The molecule has 1 aromatic carbocycles. The molecule has 1 aliphatic heterocycles. The van der Waals surface area contributed by atoms with Crippen LogP contribution in [0.5, 0.6) is 0 Å². The van der Waals surface area contributed by atoms with Crippen LogP contribution in [0.15, 0.2) is 24.3 Å². The highest BCUT2D eigenvalue weighted by molar-refractivity contribution is 5.70. The third kappa shape index (κ3) is 2.61. The maximum atomic E-state index is 11.4. The molecule has 0 aliphatic carbocycles. The first-order chi connectivity index (χ1) is 7.79. The zero-order valence-electron chi connectivity index (χ0n) is 9.53. The van der Waals surface area contributed by atoms with Gasteiger partial charge in [-0.2, -0.15) is 0 Å². The first kappa shape index (κ1) is 11.1. The van der Waals surface area contributed by atoms with E-state index in [-0.39, 0.29) is 12.0 Å². The highest BCUT2D eigenvalue weighted by Crippen LogP contribution is 2.17. The lowest BCUT2D eigenvalue weighted by atomic mass is 9.94. The van der Waals surface area contributed by atoms with Gasteiger partial charge in [-0.3, -0.25) is 4.79 Å². The van der Waals surface area contributed by atoms with Gasteiger partial charge in [0.25, 0.3) is 0 Å². The molecule has 1 aromatic rings. The van der Waals surface area contributed by atoms with Crippen LogP contribution in [0.2, 0.25) is 0 Å². The van der Waals surface area contributed by atoms with Gasteiger partial charge in [0.05, 0.1) is 13.0 Å². The van der Waals surface area contributed by atoms with E-state index in [1.807, 2.05) is 19.1 Å². The third-order valence-electron chi connectivity index (χ3n) is 2.88. The van der Waals surface area contributed by atoms with Gasteiger partial charge in [-0.15, -0.1) is 0 Å². The molecule has 3 nitrogen and oxygen atoms in total. The first-order valence-corrected chi connectivity index (χ1v) is 5.75. The molecule has 0 unspecified atom stereocenters. The van der Waals surface area contributed by atoms with Crippen LogP contribution in [0, 0.1) is 0 Å². The van der Waals surface area contributed by atoms with Crippen LogP contribution < -0.4 is 5.32 Å². The van der Waals surface area contributed by atoms with E-state index in [2.05, 4.69) is 17.4 Å². The monoisotopic (exact) mass is 219 g/mol. The predicted molar refractivity (Wildman–Crippen MR) is 62.0 cm³/mol. The van der Waals surface area contributed by atoms with Crippen LogP contribution >= 0.6 is 0 Å². The molecule has 1 atom stereocenters. The second-order valence-electron chi connectivity index (χ2n) is 4.06. The molecule has 3 heteroatoms. The van der Waals surface area contributed by atoms with Gasteiger partial charge in [0, 0.05) is 12.6 Å². The highest BCUT2D eigenvalue weighted by atomic mass is 16.5. The molecule has 0 bridgehead atoms. The average Bonchev–Trinajstić information content (AvgIpc) is 2.29. The van der Waals surface area contributed by atoms with Crippen LogP contribution in [0.1, 0.15) is 24.5 Å². The summed E-state index contributed by atoms with van der Waals surface area (Å²) in [6.45, 7) is 3.14. The minimum Gasteiger partial charge on any atom is -0.466 e. The van der Waals surface area contributed by atoms with Gasteiger partial charge >= 0.3 is 5.97 Å². The molecule has 1 N–H and O–H groups in total. The second-order valence-corrected chi connectivity index (χ2v) is 4.06. The van der Waals surface area contributed by atoms with E-state index < -0.39 is 0 Å². The van der Waals surface area contributed by atoms with Crippen molar-refractivity contribution in [1.29, 1.82) is 0 Å². The average molecular weight is 219 g/mol. The lowest BCUT2D eigenvalue weighted by molar-refractivity contribution is -0.143. The molecule has 0 spiro atoms. The van der Waals surface area contributed by atoms with Crippen molar-refractivity contribution >= 4 is 5.97 Å². The van der Waals surface area contributed by atoms with Crippen molar-refractivity contribution in [1.82, 2.24) is 5.32 Å². The fourth-order valence-electron chi connectivity index (χ4n) is 2.09. The minimum atomic E-state index is -0.112. The summed E-state index contributed by atoms with van der Waals surface area (Å²) in [6, 6.07) is 8.57. The molecule has 1 aliphatic rings. The van der Waals surface area contributed by atoms with Crippen LogP contribution in [0.4, 0.5) is 0 Å². The zero-order chi connectivity index (χ0) is 11.4. The zero-order valence-corrected chi connectivity index (χ0v) is 9.53. The Balaban J connectivity index is 1.95. The van der Waals surface area contributed by atoms with Gasteiger partial charge < -0.3 is 10.1 Å². The van der Waals surface area contributed by atoms with Gasteiger partial charge in [0.15, 0.2) is 0 Å². The maximum absolute atomic E-state index is 11.4. The van der Waals surface area contributed by atoms with E-state index in [1.165, 1.54) is 11.1 Å². The Hall–Kier alpha value is -1.35. The Bertz CT molecular complexity index is 376. The van der Waals surface area contributed by atoms with E-state index in [9.17, 15) is 4.79 Å². The molecule has 0 fully saturated rings. The summed E-state index contributed by atoms with van der Waals surface area (Å²) < 4.78 is 4.95. The van der Waals surface area contributed by atoms with Crippen LogP contribution in [0.3, 0.4) is 0 Å². The summed E-state index contributed by atoms with van der Waals surface area (Å²) in [4.78, 5) is 11.4. The van der Waals surface area contributed by atoms with Crippen molar-refractivity contribution in [3.05, 3.63) is 35.4 Å². The van der Waals surface area contributed by atoms with E-state index >= 15 is 0 Å². The lowest BCUT2D eigenvalue weighted by Crippen LogP contribution is -2.37. The Kier molecular flexibility index (Phi) is 3.57. The van der Waals surface area contributed by atoms with E-state index in [4.69, 9.17) is 4.74 Å². The van der Waals surface area contributed by atoms with Crippen molar-refractivity contribution < 1.29 is 9.53 Å². The number of nitrogens with one attached hydrogen (secondary N) is 1. The van der Waals surface area contributed by atoms with Crippen LogP contribution in [-0.4, -0.2) is 18.6 Å². The Morgan fingerprint density at radius 2 is 2.19 bits per heavy atom. The number of carbonyl (C=O) groups is 1. The smallest absolute Gasteiger partial charge is 0.307 e. The summed E-state index contributed by atoms with van der Waals surface area (Å²) in [5, 5.41) is 3.36. The Morgan fingerprint density at radius 3 is 2.94 bits per heavy atom. The number of hydrogen-bond acceptors (Lipinski definition) is 3. The largest absolute Gasteiger partial charge is 0.466 e. The molecular weight excluding hydrogens is 202 g/mol. The van der Waals surface area contributed by atoms with E-state index in [1.54, 1.807) is 0 Å². The number of carbonyl (C=O) groups excluding carboxylic acids is 1. The van der Waals surface area contributed by atoms with Gasteiger partial charge in [0.2, 0.25) is 0 Å². The number of benzene rings is 1. The molecule has 0 aromatic heterocycles. The van der Waals surface area contributed by atoms with Crippen molar-refractivity contribution in [2.45, 2.75) is 32.4 Å². The molecule has 0 saturated heterocycles. The SMILES string of the molecule is CCOC(=O)C[C@@H]1Cc2ccccc2CN1. The van der Waals surface area contributed by atoms with Crippen molar-refractivity contribution in [3.63, 3.8) is 0 Å². The number of rotatable bonds is 3. The van der Waals surface area contributed by atoms with Crippen LogP contribution in [0.25, 0.3) is 0 Å². The summed E-state index contributed by atoms with van der Waals surface area (Å²) in [5.41, 5.74) is 2.68. The Morgan fingerprint density at radius 1 is 1.44 bits per heavy atom. The normalized spacial score (nSPS) is 18.9. The topological polar surface area (TPSA) is 38.3 Å². The summed E-state index contributed by atoms with van der Waals surface area (Å²) >= 11 is 0. The molecule has 0 saturated carbocycles. The van der Waals surface area contributed by atoms with Crippen LogP contribution in [-0.2, 0) is 22.5 Å². The van der Waals surface area contributed by atoms with Gasteiger partial charge in [-0.25, -0.2) is 0 Å². The van der Waals surface area contributed by atoms with E-state index in [0.717, 1.165) is 13.0 Å². The standard InChI is InChI=1S/C13H17NO2/c1-2-16-13(15)8-12-7-10-5-3-4-6-11(10)9-14-12/h3-6,12,14H,2,7-9H2,1H3/t12-/m0/s1. The molecule has 0 radical (unpaired) electrons. The molecule has 1 heterocycles. The number of esters is 1. The first-order valence-electron chi connectivity index (χ1n) is 5.75. The van der Waals surface area contributed by atoms with Crippen molar-refractivity contribution in [3.8, 4) is 0 Å². The Labute approximate surface area is 95.8 Å². The summed E-state index contributed by atoms with van der Waals surface area (Å²) in [5.74, 6) is -0.112. The number of hydrogen-bond donors (Lipinski definition) is 1. The minimum absolute atomic E-state index is 0.112. The maximum Gasteiger partial charge on any atom is 0.307 e. The van der Waals surface area contributed by atoms with Crippen molar-refractivity contribution in [2.24, 2.45) is 0 Å². The fourth-order valence-corrected chi connectivity index (χ4v) is 2.09. The molecule has 2 rings (SSSR count). The quantitative estimate of drug-likeness (QED) is 0.786. The third-order valence-corrected chi connectivity index (χ3v) is 2.88.